The number of aryl methyl sites for hydroxylation is 1. The summed E-state index contributed by atoms with van der Waals surface area (Å²) in [6.45, 7) is 3.81. The van der Waals surface area contributed by atoms with Gasteiger partial charge in [-0.15, -0.1) is 0 Å². The molecule has 1 aliphatic rings. The maximum absolute atomic E-state index is 12.6. The Balaban J connectivity index is 1.87. The number of amides is 1. The van der Waals surface area contributed by atoms with E-state index < -0.39 is 11.9 Å². The van der Waals surface area contributed by atoms with Gasteiger partial charge in [0.15, 0.2) is 0 Å². The summed E-state index contributed by atoms with van der Waals surface area (Å²) < 4.78 is 4.98. The van der Waals surface area contributed by atoms with E-state index in [9.17, 15) is 14.9 Å². The van der Waals surface area contributed by atoms with Crippen LogP contribution in [0.15, 0.2) is 70.4 Å². The van der Waals surface area contributed by atoms with Gasteiger partial charge in [0.1, 0.15) is 0 Å². The molecule has 33 heavy (non-hydrogen) atoms. The van der Waals surface area contributed by atoms with Crippen molar-refractivity contribution < 1.29 is 14.3 Å². The molecule has 0 fully saturated rings. The van der Waals surface area contributed by atoms with Gasteiger partial charge in [0.25, 0.3) is 0 Å². The van der Waals surface area contributed by atoms with Crippen molar-refractivity contribution in [2.45, 2.75) is 26.2 Å². The quantitative estimate of drug-likeness (QED) is 0.532. The summed E-state index contributed by atoms with van der Waals surface area (Å²) in [7, 11) is 1.30. The number of esters is 1. The number of rotatable bonds is 7. The topological polar surface area (TPSA) is 91.2 Å². The Morgan fingerprint density at radius 3 is 2.52 bits per heavy atom. The molecule has 1 atom stereocenters. The zero-order valence-electron chi connectivity index (χ0n) is 18.6. The predicted molar refractivity (Wildman–Crippen MR) is 132 cm³/mol. The van der Waals surface area contributed by atoms with E-state index >= 15 is 0 Å². The lowest BCUT2D eigenvalue weighted by atomic mass is 9.82. The van der Waals surface area contributed by atoms with E-state index in [0.717, 1.165) is 6.42 Å². The molecular weight excluding hydrogens is 458 g/mol. The van der Waals surface area contributed by atoms with Gasteiger partial charge in [0, 0.05) is 16.4 Å². The average Bonchev–Trinajstić information content (AvgIpc) is 2.82. The van der Waals surface area contributed by atoms with Crippen LogP contribution in [0.2, 0.25) is 5.02 Å². The Hall–Kier alpha value is -3.21. The van der Waals surface area contributed by atoms with E-state index in [-0.39, 0.29) is 11.7 Å². The smallest absolute Gasteiger partial charge is 0.336 e. The predicted octanol–water partition coefficient (Wildman–Crippen LogP) is 5.14. The third-order valence-electron chi connectivity index (χ3n) is 5.26. The maximum atomic E-state index is 12.6. The van der Waals surface area contributed by atoms with E-state index in [1.807, 2.05) is 24.3 Å². The molecule has 0 saturated heterocycles. The number of nitrogens with zero attached hydrogens (tertiary/aromatic N) is 1. The number of hydrogen-bond donors (Lipinski definition) is 2. The minimum atomic E-state index is -0.704. The van der Waals surface area contributed by atoms with E-state index in [4.69, 9.17) is 16.3 Å². The van der Waals surface area contributed by atoms with Crippen LogP contribution in [0.3, 0.4) is 0 Å². The second kappa shape index (κ2) is 11.1. The normalized spacial score (nSPS) is 15.5. The SMILES string of the molecule is CCc1ccc(NC(=O)CSC2=C(C#N)C(c3ccccc3Cl)C(C(=O)OC)=C(C)N2)cc1. The second-order valence-electron chi connectivity index (χ2n) is 7.35. The fourth-order valence-corrected chi connectivity index (χ4v) is 4.72. The molecule has 170 valence electrons. The van der Waals surface area contributed by atoms with Gasteiger partial charge in [0.2, 0.25) is 5.91 Å². The zero-order chi connectivity index (χ0) is 24.0. The highest BCUT2D eigenvalue weighted by atomic mass is 35.5. The third-order valence-corrected chi connectivity index (χ3v) is 6.62. The standard InChI is InChI=1S/C25H24ClN3O3S/c1-4-16-9-11-17(12-10-16)29-21(30)14-33-24-19(13-27)23(18-7-5-6-8-20(18)26)22(15(2)28-24)25(31)32-3/h5-12,23,28H,4,14H2,1-3H3,(H,29,30). The van der Waals surface area contributed by atoms with E-state index in [2.05, 4.69) is 23.6 Å². The number of thioether (sulfide) groups is 1. The molecule has 0 aromatic heterocycles. The van der Waals surface area contributed by atoms with Crippen molar-refractivity contribution in [3.63, 3.8) is 0 Å². The zero-order valence-corrected chi connectivity index (χ0v) is 20.1. The summed E-state index contributed by atoms with van der Waals surface area (Å²) in [5, 5.41) is 16.9. The van der Waals surface area contributed by atoms with Crippen LogP contribution in [-0.2, 0) is 20.7 Å². The summed E-state index contributed by atoms with van der Waals surface area (Å²) in [5.74, 6) is -1.37. The molecule has 0 saturated carbocycles. The van der Waals surface area contributed by atoms with Gasteiger partial charge in [0.05, 0.1) is 41.0 Å². The molecular formula is C25H24ClN3O3S. The lowest BCUT2D eigenvalue weighted by Gasteiger charge is -2.29. The molecule has 8 heteroatoms. The highest BCUT2D eigenvalue weighted by Crippen LogP contribution is 2.43. The fourth-order valence-electron chi connectivity index (χ4n) is 3.59. The maximum Gasteiger partial charge on any atom is 0.336 e. The lowest BCUT2D eigenvalue weighted by molar-refractivity contribution is -0.136. The number of ether oxygens (including phenoxy) is 1. The number of halogens is 1. The number of nitrogens with one attached hydrogen (secondary N) is 2. The number of hydrogen-bond acceptors (Lipinski definition) is 6. The molecule has 0 aliphatic carbocycles. The minimum Gasteiger partial charge on any atom is -0.466 e. The molecule has 3 rings (SSSR count). The van der Waals surface area contributed by atoms with Crippen LogP contribution in [0.5, 0.6) is 0 Å². The van der Waals surface area contributed by atoms with Crippen LogP contribution in [-0.4, -0.2) is 24.7 Å². The van der Waals surface area contributed by atoms with Crippen LogP contribution in [0.25, 0.3) is 0 Å². The third kappa shape index (κ3) is 5.59. The number of dihydropyridines is 1. The average molecular weight is 482 g/mol. The van der Waals surface area contributed by atoms with Gasteiger partial charge >= 0.3 is 5.97 Å². The number of allylic oxidation sites excluding steroid dienone is 2. The molecule has 1 amide bonds. The van der Waals surface area contributed by atoms with Crippen molar-refractivity contribution in [1.29, 1.82) is 5.26 Å². The lowest BCUT2D eigenvalue weighted by Crippen LogP contribution is -2.29. The highest BCUT2D eigenvalue weighted by molar-refractivity contribution is 8.03. The number of anilines is 1. The molecule has 0 radical (unpaired) electrons. The van der Waals surface area contributed by atoms with Crippen molar-refractivity contribution in [2.24, 2.45) is 0 Å². The number of carbonyl (C=O) groups is 2. The Morgan fingerprint density at radius 1 is 1.21 bits per heavy atom. The van der Waals surface area contributed by atoms with Crippen LogP contribution >= 0.6 is 23.4 Å². The van der Waals surface area contributed by atoms with Crippen molar-refractivity contribution >= 4 is 40.9 Å². The number of benzene rings is 2. The first-order valence-corrected chi connectivity index (χ1v) is 11.7. The summed E-state index contributed by atoms with van der Waals surface area (Å²) >= 11 is 7.63. The Bertz CT molecular complexity index is 1170. The molecule has 6 nitrogen and oxygen atoms in total. The first kappa shape index (κ1) is 24.4. The molecule has 2 aromatic rings. The first-order valence-electron chi connectivity index (χ1n) is 10.4. The molecule has 1 unspecified atom stereocenters. The van der Waals surface area contributed by atoms with Crippen LogP contribution in [0.1, 0.15) is 30.9 Å². The molecule has 2 N–H and O–H groups in total. The van der Waals surface area contributed by atoms with Crippen molar-refractivity contribution in [2.75, 3.05) is 18.2 Å². The van der Waals surface area contributed by atoms with E-state index in [1.54, 1.807) is 31.2 Å². The monoisotopic (exact) mass is 481 g/mol. The van der Waals surface area contributed by atoms with Gasteiger partial charge in [-0.25, -0.2) is 4.79 Å². The Kier molecular flexibility index (Phi) is 8.21. The molecule has 2 aromatic carbocycles. The summed E-state index contributed by atoms with van der Waals surface area (Å²) in [6.07, 6.45) is 0.924. The van der Waals surface area contributed by atoms with Gasteiger partial charge in [-0.05, 0) is 42.7 Å². The summed E-state index contributed by atoms with van der Waals surface area (Å²) in [5.41, 5.74) is 3.68. The van der Waals surface area contributed by atoms with E-state index in [1.165, 1.54) is 24.4 Å². The fraction of sp³-hybridized carbons (Fsp3) is 0.240. The van der Waals surface area contributed by atoms with Gasteiger partial charge in [-0.3, -0.25) is 4.79 Å². The van der Waals surface area contributed by atoms with Crippen molar-refractivity contribution in [3.05, 3.63) is 86.6 Å². The van der Waals surface area contributed by atoms with Gasteiger partial charge < -0.3 is 15.4 Å². The first-order chi connectivity index (χ1) is 15.9. The summed E-state index contributed by atoms with van der Waals surface area (Å²) in [6, 6.07) is 16.9. The number of carbonyl (C=O) groups excluding carboxylic acids is 2. The largest absolute Gasteiger partial charge is 0.466 e. The minimum absolute atomic E-state index is 0.0825. The molecule has 1 aliphatic heterocycles. The molecule has 0 spiro atoms. The van der Waals surface area contributed by atoms with Crippen LogP contribution < -0.4 is 10.6 Å². The molecule has 0 bridgehead atoms. The van der Waals surface area contributed by atoms with Crippen LogP contribution in [0.4, 0.5) is 5.69 Å². The van der Waals surface area contributed by atoms with Gasteiger partial charge in [-0.1, -0.05) is 60.6 Å². The van der Waals surface area contributed by atoms with E-state index in [0.29, 0.717) is 38.1 Å². The highest BCUT2D eigenvalue weighted by Gasteiger charge is 2.36. The Morgan fingerprint density at radius 2 is 1.91 bits per heavy atom. The van der Waals surface area contributed by atoms with Crippen molar-refractivity contribution in [1.82, 2.24) is 5.32 Å². The second-order valence-corrected chi connectivity index (χ2v) is 8.74. The van der Waals surface area contributed by atoms with Crippen molar-refractivity contribution in [3.8, 4) is 6.07 Å². The van der Waals surface area contributed by atoms with Gasteiger partial charge in [-0.2, -0.15) is 5.26 Å². The Labute approximate surface area is 202 Å². The number of nitriles is 1. The molecule has 1 heterocycles. The van der Waals surface area contributed by atoms with Crippen LogP contribution in [0, 0.1) is 11.3 Å². The number of methoxy groups -OCH3 is 1. The summed E-state index contributed by atoms with van der Waals surface area (Å²) in [4.78, 5) is 25.1.